The van der Waals surface area contributed by atoms with Gasteiger partial charge in [-0.3, -0.25) is 19.7 Å². The molecule has 0 aliphatic carbocycles. The number of nitrogens with zero attached hydrogens (tertiary/aromatic N) is 4. The number of unbranched alkanes of at least 4 members (excludes halogenated alkanes) is 1. The Balaban J connectivity index is 1.16. The van der Waals surface area contributed by atoms with E-state index in [1.54, 1.807) is 36.4 Å². The van der Waals surface area contributed by atoms with E-state index in [0.717, 1.165) is 29.1 Å². The first-order chi connectivity index (χ1) is 23.3. The Hall–Kier alpha value is -4.60. The average Bonchev–Trinajstić information content (AvgIpc) is 3.50. The molecule has 2 aromatic carbocycles. The molecule has 0 saturated carbocycles. The zero-order valence-corrected chi connectivity index (χ0v) is 27.8. The summed E-state index contributed by atoms with van der Waals surface area (Å²) in [6, 6.07) is 19.5. The lowest BCUT2D eigenvalue weighted by atomic mass is 9.95. The number of carbonyl (C=O) groups excluding carboxylic acids is 3. The molecule has 4 rings (SSSR count). The second-order valence-electron chi connectivity index (χ2n) is 11.7. The second kappa shape index (κ2) is 17.2. The van der Waals surface area contributed by atoms with E-state index < -0.39 is 30.1 Å². The summed E-state index contributed by atoms with van der Waals surface area (Å²) in [6.45, 7) is 0.581. The minimum Gasteiger partial charge on any atom is -0.380 e. The number of benzene rings is 2. The molecule has 0 radical (unpaired) electrons. The Kier molecular flexibility index (Phi) is 13.0. The third kappa shape index (κ3) is 11.5. The molecule has 3 N–H and O–H groups in total. The standard InChI is InChI=1S/C34H37F3N6O5S/c1-33(47,34(35,36)37)21-26(44)17-15-22-9-8-10-23(19-22)20-28(45)38-27-18-16-25(40-41-27)13-6-7-14-29-42-43-32(49-29)39-31(46)30(48-2)24-11-4-3-5-12-24/h3-5,8-12,16,18-19,30,47H,6-7,13-15,17,20-21H2,1-2H3,(H,38,41,45)(H,39,43,46). The molecule has 2 heterocycles. The number of methoxy groups -OCH3 is 1. The predicted octanol–water partition coefficient (Wildman–Crippen LogP) is 5.61. The van der Waals surface area contributed by atoms with Gasteiger partial charge in [0.25, 0.3) is 5.91 Å². The monoisotopic (exact) mass is 698 g/mol. The molecular formula is C34H37F3N6O5S. The van der Waals surface area contributed by atoms with Crippen LogP contribution < -0.4 is 10.6 Å². The Morgan fingerprint density at radius 2 is 1.61 bits per heavy atom. The summed E-state index contributed by atoms with van der Waals surface area (Å²) in [6.07, 6.45) is -3.66. The minimum absolute atomic E-state index is 0.0188. The minimum atomic E-state index is -4.89. The number of hydrogen-bond acceptors (Lipinski definition) is 10. The van der Waals surface area contributed by atoms with Gasteiger partial charge < -0.3 is 15.2 Å². The number of anilines is 2. The molecule has 2 amide bonds. The number of amides is 2. The molecule has 2 aromatic heterocycles. The summed E-state index contributed by atoms with van der Waals surface area (Å²) in [5, 5.41) is 32.7. The highest BCUT2D eigenvalue weighted by Gasteiger charge is 2.50. The first-order valence-electron chi connectivity index (χ1n) is 15.5. The molecule has 2 unspecified atom stereocenters. The fourth-order valence-electron chi connectivity index (χ4n) is 4.86. The van der Waals surface area contributed by atoms with Crippen molar-refractivity contribution in [3.8, 4) is 0 Å². The molecule has 0 aliphatic heterocycles. The number of aliphatic hydroxyl groups is 1. The van der Waals surface area contributed by atoms with E-state index in [1.807, 2.05) is 30.3 Å². The van der Waals surface area contributed by atoms with Gasteiger partial charge in [0.15, 0.2) is 17.5 Å². The molecule has 0 bridgehead atoms. The number of hydrogen-bond donors (Lipinski definition) is 3. The van der Waals surface area contributed by atoms with Crippen molar-refractivity contribution in [1.29, 1.82) is 0 Å². The lowest BCUT2D eigenvalue weighted by Crippen LogP contribution is -2.43. The highest BCUT2D eigenvalue weighted by molar-refractivity contribution is 7.15. The van der Waals surface area contributed by atoms with E-state index >= 15 is 0 Å². The Bertz CT molecular complexity index is 1700. The third-order valence-corrected chi connectivity index (χ3v) is 8.43. The Labute approximate surface area is 285 Å². The van der Waals surface area contributed by atoms with Gasteiger partial charge in [0.05, 0.1) is 12.1 Å². The van der Waals surface area contributed by atoms with E-state index in [-0.39, 0.29) is 31.1 Å². The van der Waals surface area contributed by atoms with Gasteiger partial charge in [-0.2, -0.15) is 18.3 Å². The number of Topliss-reactive ketones (excluding diaryl/α,β-unsaturated/α-hetero) is 1. The summed E-state index contributed by atoms with van der Waals surface area (Å²) in [7, 11) is 1.47. The quantitative estimate of drug-likeness (QED) is 0.119. The molecular weight excluding hydrogens is 661 g/mol. The number of halogens is 3. The average molecular weight is 699 g/mol. The van der Waals surface area contributed by atoms with Gasteiger partial charge in [0.1, 0.15) is 10.8 Å². The van der Waals surface area contributed by atoms with Crippen LogP contribution in [-0.4, -0.2) is 62.0 Å². The van der Waals surface area contributed by atoms with Crippen molar-refractivity contribution >= 4 is 39.9 Å². The molecule has 260 valence electrons. The fraction of sp³-hybridized carbons (Fsp3) is 0.382. The van der Waals surface area contributed by atoms with E-state index in [1.165, 1.54) is 18.4 Å². The van der Waals surface area contributed by atoms with Gasteiger partial charge in [0.2, 0.25) is 11.0 Å². The number of nitrogens with one attached hydrogen (secondary N) is 2. The van der Waals surface area contributed by atoms with Crippen molar-refractivity contribution in [2.75, 3.05) is 17.7 Å². The molecule has 0 aliphatic rings. The van der Waals surface area contributed by atoms with Gasteiger partial charge in [-0.25, -0.2) is 0 Å². The van der Waals surface area contributed by atoms with Gasteiger partial charge >= 0.3 is 6.18 Å². The molecule has 0 saturated heterocycles. The van der Waals surface area contributed by atoms with Gasteiger partial charge in [-0.1, -0.05) is 65.9 Å². The Morgan fingerprint density at radius 3 is 2.31 bits per heavy atom. The van der Waals surface area contributed by atoms with E-state index in [4.69, 9.17) is 4.74 Å². The van der Waals surface area contributed by atoms with Gasteiger partial charge in [-0.15, -0.1) is 15.3 Å². The topological polar surface area (TPSA) is 156 Å². The SMILES string of the molecule is COC(C(=O)Nc1nnc(CCCCc2ccc(NC(=O)Cc3cccc(CCC(=O)CC(C)(O)C(F)(F)F)c3)nn2)s1)c1ccccc1. The molecule has 15 heteroatoms. The van der Waals surface area contributed by atoms with Crippen molar-refractivity contribution in [3.05, 3.63) is 94.1 Å². The van der Waals surface area contributed by atoms with Crippen LogP contribution in [0.1, 0.15) is 66.1 Å². The van der Waals surface area contributed by atoms with Crippen molar-refractivity contribution in [2.45, 2.75) is 76.2 Å². The summed E-state index contributed by atoms with van der Waals surface area (Å²) < 4.78 is 43.9. The van der Waals surface area contributed by atoms with Crippen molar-refractivity contribution in [3.63, 3.8) is 0 Å². The zero-order chi connectivity index (χ0) is 35.4. The molecule has 2 atom stereocenters. The predicted molar refractivity (Wildman–Crippen MR) is 177 cm³/mol. The number of carbonyl (C=O) groups is 3. The Morgan fingerprint density at radius 1 is 0.878 bits per heavy atom. The summed E-state index contributed by atoms with van der Waals surface area (Å²) >= 11 is 1.31. The number of aromatic nitrogens is 4. The van der Waals surface area contributed by atoms with Crippen LogP contribution in [0.25, 0.3) is 0 Å². The molecule has 11 nitrogen and oxygen atoms in total. The van der Waals surface area contributed by atoms with E-state index in [0.29, 0.717) is 41.8 Å². The molecule has 49 heavy (non-hydrogen) atoms. The van der Waals surface area contributed by atoms with Gasteiger partial charge in [0, 0.05) is 26.4 Å². The van der Waals surface area contributed by atoms with Crippen molar-refractivity contribution < 1.29 is 37.4 Å². The smallest absolute Gasteiger partial charge is 0.380 e. The normalized spacial score (nSPS) is 13.3. The highest BCUT2D eigenvalue weighted by atomic mass is 32.1. The maximum Gasteiger partial charge on any atom is 0.417 e. The van der Waals surface area contributed by atoms with Crippen LogP contribution >= 0.6 is 11.3 Å². The van der Waals surface area contributed by atoms with Crippen LogP contribution in [0, 0.1) is 0 Å². The maximum atomic E-state index is 12.8. The number of aryl methyl sites for hydroxylation is 3. The number of alkyl halides is 3. The van der Waals surface area contributed by atoms with Crippen LogP contribution in [0.4, 0.5) is 24.1 Å². The summed E-state index contributed by atoms with van der Waals surface area (Å²) in [5.74, 6) is -1.07. The summed E-state index contributed by atoms with van der Waals surface area (Å²) in [5.41, 5.74) is -0.230. The van der Waals surface area contributed by atoms with E-state index in [9.17, 15) is 32.7 Å². The largest absolute Gasteiger partial charge is 0.417 e. The molecule has 0 spiro atoms. The van der Waals surface area contributed by atoms with Crippen molar-refractivity contribution in [1.82, 2.24) is 20.4 Å². The van der Waals surface area contributed by atoms with Crippen LogP contribution in [0.3, 0.4) is 0 Å². The van der Waals surface area contributed by atoms with Crippen LogP contribution in [-0.2, 0) is 44.8 Å². The van der Waals surface area contributed by atoms with Crippen LogP contribution in [0.2, 0.25) is 0 Å². The fourth-order valence-corrected chi connectivity index (χ4v) is 5.65. The highest BCUT2D eigenvalue weighted by Crippen LogP contribution is 2.33. The summed E-state index contributed by atoms with van der Waals surface area (Å²) in [4.78, 5) is 37.3. The van der Waals surface area contributed by atoms with Crippen molar-refractivity contribution in [2.24, 2.45) is 0 Å². The number of ether oxygens (including phenoxy) is 1. The first-order valence-corrected chi connectivity index (χ1v) is 16.4. The first kappa shape index (κ1) is 37.2. The van der Waals surface area contributed by atoms with Gasteiger partial charge in [-0.05, 0) is 61.4 Å². The van der Waals surface area contributed by atoms with Crippen LogP contribution in [0.15, 0.2) is 66.7 Å². The molecule has 4 aromatic rings. The number of rotatable bonds is 17. The molecule has 0 fully saturated rings. The van der Waals surface area contributed by atoms with E-state index in [2.05, 4.69) is 31.0 Å². The maximum absolute atomic E-state index is 12.8. The third-order valence-electron chi connectivity index (χ3n) is 7.53. The lowest BCUT2D eigenvalue weighted by Gasteiger charge is -2.25. The van der Waals surface area contributed by atoms with Crippen LogP contribution in [0.5, 0.6) is 0 Å². The zero-order valence-electron chi connectivity index (χ0n) is 27.0. The second-order valence-corrected chi connectivity index (χ2v) is 12.7. The lowest BCUT2D eigenvalue weighted by molar-refractivity contribution is -0.253. The number of ketones is 1.